The van der Waals surface area contributed by atoms with Gasteiger partial charge in [-0.1, -0.05) is 54.6 Å². The molecule has 0 aliphatic carbocycles. The van der Waals surface area contributed by atoms with Gasteiger partial charge in [0.2, 0.25) is 0 Å². The van der Waals surface area contributed by atoms with Gasteiger partial charge in [0.15, 0.2) is 5.78 Å². The summed E-state index contributed by atoms with van der Waals surface area (Å²) in [6.45, 7) is 1.69. The van der Waals surface area contributed by atoms with Crippen LogP contribution in [0, 0.1) is 6.92 Å². The van der Waals surface area contributed by atoms with Crippen LogP contribution in [0.5, 0.6) is 0 Å². The van der Waals surface area contributed by atoms with Gasteiger partial charge in [0.05, 0.1) is 31.8 Å². The van der Waals surface area contributed by atoms with Crippen LogP contribution < -0.4 is 0 Å². The minimum atomic E-state index is -0.679. The molecule has 0 atom stereocenters. The molecule has 30 heavy (non-hydrogen) atoms. The van der Waals surface area contributed by atoms with Crippen LogP contribution in [0.3, 0.4) is 0 Å². The van der Waals surface area contributed by atoms with Crippen molar-refractivity contribution in [3.63, 3.8) is 0 Å². The van der Waals surface area contributed by atoms with E-state index in [1.165, 1.54) is 14.2 Å². The Morgan fingerprint density at radius 1 is 0.867 bits per heavy atom. The lowest BCUT2D eigenvalue weighted by Crippen LogP contribution is -2.15. The van der Waals surface area contributed by atoms with Gasteiger partial charge in [0.1, 0.15) is 0 Å². The van der Waals surface area contributed by atoms with Crippen LogP contribution in [0.2, 0.25) is 0 Å². The topological polar surface area (TPSA) is 85.5 Å². The lowest BCUT2D eigenvalue weighted by Gasteiger charge is -2.10. The number of benzene rings is 2. The molecule has 3 aromatic rings. The van der Waals surface area contributed by atoms with Crippen LogP contribution in [0.1, 0.15) is 48.8 Å². The number of H-pyrrole nitrogens is 1. The zero-order valence-electron chi connectivity index (χ0n) is 17.2. The van der Waals surface area contributed by atoms with E-state index in [1.807, 2.05) is 42.5 Å². The number of ketones is 1. The van der Waals surface area contributed by atoms with Crippen molar-refractivity contribution in [2.24, 2.45) is 0 Å². The minimum Gasteiger partial charge on any atom is -0.469 e. The second-order valence-electron chi connectivity index (χ2n) is 6.87. The second-order valence-corrected chi connectivity index (χ2v) is 6.87. The fraction of sp³-hybridized carbons (Fsp3) is 0.208. The van der Waals surface area contributed by atoms with Gasteiger partial charge in [-0.15, -0.1) is 0 Å². The third-order valence-electron chi connectivity index (χ3n) is 4.93. The third kappa shape index (κ3) is 4.33. The van der Waals surface area contributed by atoms with Crippen molar-refractivity contribution in [1.29, 1.82) is 0 Å². The first-order chi connectivity index (χ1) is 14.5. The van der Waals surface area contributed by atoms with Gasteiger partial charge in [-0.2, -0.15) is 0 Å². The van der Waals surface area contributed by atoms with Crippen molar-refractivity contribution >= 4 is 17.7 Å². The Hall–Kier alpha value is -3.67. The Morgan fingerprint density at radius 2 is 1.53 bits per heavy atom. The molecule has 0 spiro atoms. The number of methoxy groups -OCH3 is 2. The number of carbonyl (C=O) groups is 3. The molecule has 6 nitrogen and oxygen atoms in total. The fourth-order valence-corrected chi connectivity index (χ4v) is 3.50. The van der Waals surface area contributed by atoms with Crippen LogP contribution in [0.15, 0.2) is 54.6 Å². The Kier molecular flexibility index (Phi) is 6.47. The fourth-order valence-electron chi connectivity index (χ4n) is 3.50. The molecule has 1 N–H and O–H groups in total. The van der Waals surface area contributed by atoms with Gasteiger partial charge < -0.3 is 14.5 Å². The third-order valence-corrected chi connectivity index (χ3v) is 4.93. The molecule has 2 aromatic carbocycles. The summed E-state index contributed by atoms with van der Waals surface area (Å²) in [6, 6.07) is 17.1. The molecule has 0 radical (unpaired) electrons. The van der Waals surface area contributed by atoms with E-state index in [0.29, 0.717) is 23.4 Å². The van der Waals surface area contributed by atoms with E-state index >= 15 is 0 Å². The summed E-state index contributed by atoms with van der Waals surface area (Å²) >= 11 is 0. The summed E-state index contributed by atoms with van der Waals surface area (Å²) in [7, 11) is 2.51. The summed E-state index contributed by atoms with van der Waals surface area (Å²) in [5.74, 6) is -1.50. The standard InChI is InChI=1S/C24H23NO5/c1-15-21(22(24(28)30-3)19(25-15)14-20(26)29-2)23(27)18-12-8-7-11-17(18)13-16-9-5-4-6-10-16/h4-12,25H,13-14H2,1-3H3. The van der Waals surface area contributed by atoms with Crippen molar-refractivity contribution < 1.29 is 23.9 Å². The summed E-state index contributed by atoms with van der Waals surface area (Å²) in [5, 5.41) is 0. The van der Waals surface area contributed by atoms with Gasteiger partial charge >= 0.3 is 11.9 Å². The average Bonchev–Trinajstić information content (AvgIpc) is 3.09. The zero-order chi connectivity index (χ0) is 21.7. The molecular formula is C24H23NO5. The monoisotopic (exact) mass is 405 g/mol. The molecular weight excluding hydrogens is 382 g/mol. The average molecular weight is 405 g/mol. The highest BCUT2D eigenvalue weighted by Gasteiger charge is 2.29. The highest BCUT2D eigenvalue weighted by atomic mass is 16.5. The van der Waals surface area contributed by atoms with Gasteiger partial charge in [-0.3, -0.25) is 9.59 Å². The zero-order valence-corrected chi connectivity index (χ0v) is 17.2. The highest BCUT2D eigenvalue weighted by molar-refractivity contribution is 6.16. The lowest BCUT2D eigenvalue weighted by atomic mass is 9.92. The number of aromatic amines is 1. The summed E-state index contributed by atoms with van der Waals surface area (Å²) < 4.78 is 9.60. The molecule has 0 unspecified atom stereocenters. The van der Waals surface area contributed by atoms with Crippen molar-refractivity contribution in [1.82, 2.24) is 4.98 Å². The molecule has 6 heteroatoms. The van der Waals surface area contributed by atoms with E-state index in [-0.39, 0.29) is 23.3 Å². The van der Waals surface area contributed by atoms with Crippen molar-refractivity contribution in [2.45, 2.75) is 19.8 Å². The second kappa shape index (κ2) is 9.22. The van der Waals surface area contributed by atoms with Gasteiger partial charge in [0.25, 0.3) is 0 Å². The van der Waals surface area contributed by atoms with Crippen LogP contribution in [-0.4, -0.2) is 36.9 Å². The Labute approximate surface area is 174 Å². The first-order valence-electron chi connectivity index (χ1n) is 9.49. The highest BCUT2D eigenvalue weighted by Crippen LogP contribution is 2.26. The van der Waals surface area contributed by atoms with Crippen LogP contribution >= 0.6 is 0 Å². The summed E-state index contributed by atoms with van der Waals surface area (Å²) in [6.07, 6.45) is 0.412. The van der Waals surface area contributed by atoms with Gasteiger partial charge in [-0.25, -0.2) is 4.79 Å². The maximum atomic E-state index is 13.5. The Balaban J connectivity index is 2.07. The predicted octanol–water partition coefficient (Wildman–Crippen LogP) is 3.65. The first-order valence-corrected chi connectivity index (χ1v) is 9.49. The summed E-state index contributed by atoms with van der Waals surface area (Å²) in [4.78, 5) is 40.8. The number of hydrogen-bond acceptors (Lipinski definition) is 5. The van der Waals surface area contributed by atoms with E-state index in [4.69, 9.17) is 9.47 Å². The largest absolute Gasteiger partial charge is 0.469 e. The van der Waals surface area contributed by atoms with Crippen molar-refractivity contribution in [3.05, 3.63) is 93.8 Å². The number of nitrogens with one attached hydrogen (secondary N) is 1. The lowest BCUT2D eigenvalue weighted by molar-refractivity contribution is -0.139. The SMILES string of the molecule is COC(=O)Cc1[nH]c(C)c(C(=O)c2ccccc2Cc2ccccc2)c1C(=O)OC. The quantitative estimate of drug-likeness (QED) is 0.479. The van der Waals surface area contributed by atoms with E-state index in [1.54, 1.807) is 19.1 Å². The summed E-state index contributed by atoms with van der Waals surface area (Å²) in [5.41, 5.74) is 3.49. The van der Waals surface area contributed by atoms with E-state index in [2.05, 4.69) is 4.98 Å². The first kappa shape index (κ1) is 21.0. The number of ether oxygens (including phenoxy) is 2. The number of rotatable bonds is 7. The van der Waals surface area contributed by atoms with Crippen molar-refractivity contribution in [2.75, 3.05) is 14.2 Å². The number of aryl methyl sites for hydroxylation is 1. The Morgan fingerprint density at radius 3 is 2.20 bits per heavy atom. The van der Waals surface area contributed by atoms with E-state index in [9.17, 15) is 14.4 Å². The minimum absolute atomic E-state index is 0.0694. The van der Waals surface area contributed by atoms with E-state index < -0.39 is 11.9 Å². The number of aromatic nitrogens is 1. The molecule has 0 saturated heterocycles. The molecule has 154 valence electrons. The number of carbonyl (C=O) groups excluding carboxylic acids is 3. The molecule has 0 fully saturated rings. The van der Waals surface area contributed by atoms with E-state index in [0.717, 1.165) is 11.1 Å². The molecule has 0 bridgehead atoms. The Bertz CT molecular complexity index is 1080. The number of esters is 2. The van der Waals surface area contributed by atoms with Gasteiger partial charge in [-0.05, 0) is 24.5 Å². The number of hydrogen-bond donors (Lipinski definition) is 1. The molecule has 0 saturated carbocycles. The molecule has 1 heterocycles. The molecule has 1 aromatic heterocycles. The van der Waals surface area contributed by atoms with Crippen molar-refractivity contribution in [3.8, 4) is 0 Å². The molecule has 0 amide bonds. The van der Waals surface area contributed by atoms with Crippen LogP contribution in [-0.2, 0) is 27.1 Å². The van der Waals surface area contributed by atoms with Crippen LogP contribution in [0.4, 0.5) is 0 Å². The van der Waals surface area contributed by atoms with Crippen LogP contribution in [0.25, 0.3) is 0 Å². The maximum Gasteiger partial charge on any atom is 0.340 e. The predicted molar refractivity (Wildman–Crippen MR) is 112 cm³/mol. The molecule has 0 aliphatic heterocycles. The maximum absolute atomic E-state index is 13.5. The molecule has 0 aliphatic rings. The molecule has 3 rings (SSSR count). The van der Waals surface area contributed by atoms with Gasteiger partial charge in [0, 0.05) is 17.0 Å². The normalized spacial score (nSPS) is 10.5. The smallest absolute Gasteiger partial charge is 0.340 e.